The molecule has 2 aliphatic heterocycles. The zero-order valence-electron chi connectivity index (χ0n) is 20.5. The number of benzene rings is 1. The molecule has 0 aromatic heterocycles. The van der Waals surface area contributed by atoms with Crippen molar-refractivity contribution in [3.63, 3.8) is 0 Å². The summed E-state index contributed by atoms with van der Waals surface area (Å²) in [5, 5.41) is 7.01. The highest BCUT2D eigenvalue weighted by Gasteiger charge is 2.27. The van der Waals surface area contributed by atoms with Crippen molar-refractivity contribution in [2.75, 3.05) is 44.7 Å². The molecule has 32 heavy (non-hydrogen) atoms. The number of hydrogen-bond acceptors (Lipinski definition) is 4. The van der Waals surface area contributed by atoms with Crippen molar-refractivity contribution in [3.8, 4) is 0 Å². The number of ether oxygens (including phenoxy) is 1. The molecule has 1 atom stereocenters. The zero-order valence-corrected chi connectivity index (χ0v) is 20.5. The second-order valence-corrected chi connectivity index (χ2v) is 10.0. The van der Waals surface area contributed by atoms with E-state index in [2.05, 4.69) is 51.7 Å². The zero-order chi connectivity index (χ0) is 23.1. The van der Waals surface area contributed by atoms with Gasteiger partial charge in [-0.15, -0.1) is 0 Å². The van der Waals surface area contributed by atoms with E-state index in [1.54, 1.807) is 0 Å². The van der Waals surface area contributed by atoms with Crippen LogP contribution in [0.5, 0.6) is 0 Å². The lowest BCUT2D eigenvalue weighted by Crippen LogP contribution is -2.45. The Morgan fingerprint density at radius 3 is 2.50 bits per heavy atom. The molecular formula is C25H41N5O2. The molecule has 0 saturated carbocycles. The highest BCUT2D eigenvalue weighted by atomic mass is 16.6. The molecule has 7 heteroatoms. The molecule has 0 radical (unpaired) electrons. The van der Waals surface area contributed by atoms with E-state index in [9.17, 15) is 4.79 Å². The van der Waals surface area contributed by atoms with Gasteiger partial charge in [-0.25, -0.2) is 4.79 Å². The highest BCUT2D eigenvalue weighted by Crippen LogP contribution is 2.24. The minimum Gasteiger partial charge on any atom is -0.444 e. The number of amides is 1. The van der Waals surface area contributed by atoms with Gasteiger partial charge in [-0.3, -0.25) is 4.99 Å². The monoisotopic (exact) mass is 443 g/mol. The number of nitrogens with one attached hydrogen (secondary N) is 2. The Bertz CT molecular complexity index is 775. The van der Waals surface area contributed by atoms with Crippen LogP contribution in [0.2, 0.25) is 0 Å². The van der Waals surface area contributed by atoms with Gasteiger partial charge < -0.3 is 25.2 Å². The smallest absolute Gasteiger partial charge is 0.410 e. The lowest BCUT2D eigenvalue weighted by molar-refractivity contribution is 0.0185. The Kier molecular flexibility index (Phi) is 8.26. The van der Waals surface area contributed by atoms with Crippen molar-refractivity contribution in [3.05, 3.63) is 29.8 Å². The minimum atomic E-state index is -0.446. The van der Waals surface area contributed by atoms with E-state index in [-0.39, 0.29) is 12.1 Å². The van der Waals surface area contributed by atoms with Gasteiger partial charge in [0.2, 0.25) is 0 Å². The molecule has 0 aliphatic carbocycles. The van der Waals surface area contributed by atoms with Crippen LogP contribution in [0, 0.1) is 5.92 Å². The van der Waals surface area contributed by atoms with Crippen molar-refractivity contribution in [2.24, 2.45) is 10.9 Å². The third-order valence-electron chi connectivity index (χ3n) is 6.24. The van der Waals surface area contributed by atoms with Crippen molar-refractivity contribution in [2.45, 2.75) is 65.0 Å². The summed E-state index contributed by atoms with van der Waals surface area (Å²) in [6.45, 7) is 12.5. The number of anilines is 1. The van der Waals surface area contributed by atoms with Gasteiger partial charge in [0.05, 0.1) is 6.04 Å². The van der Waals surface area contributed by atoms with E-state index < -0.39 is 5.60 Å². The molecule has 2 aliphatic rings. The number of nitrogens with zero attached hydrogens (tertiary/aromatic N) is 3. The van der Waals surface area contributed by atoms with Crippen LogP contribution in [-0.2, 0) is 4.74 Å². The summed E-state index contributed by atoms with van der Waals surface area (Å²) in [7, 11) is 1.81. The maximum atomic E-state index is 12.3. The molecule has 0 spiro atoms. The van der Waals surface area contributed by atoms with Crippen LogP contribution in [0.3, 0.4) is 0 Å². The SMILES string of the molecule is CN=C(NCC1CCN(C(=O)OC(C)(C)C)CC1)NC(C)c1cccc(N2CCCC2)c1. The van der Waals surface area contributed by atoms with E-state index in [1.165, 1.54) is 24.1 Å². The lowest BCUT2D eigenvalue weighted by Gasteiger charge is -2.33. The lowest BCUT2D eigenvalue weighted by atomic mass is 9.97. The molecule has 7 nitrogen and oxygen atoms in total. The summed E-state index contributed by atoms with van der Waals surface area (Å²) in [5.74, 6) is 1.33. The van der Waals surface area contributed by atoms with Crippen molar-refractivity contribution in [1.82, 2.24) is 15.5 Å². The van der Waals surface area contributed by atoms with Gasteiger partial charge in [0.1, 0.15) is 5.60 Å². The Morgan fingerprint density at radius 1 is 1.19 bits per heavy atom. The Labute approximate surface area is 193 Å². The van der Waals surface area contributed by atoms with Gasteiger partial charge in [-0.1, -0.05) is 12.1 Å². The first-order chi connectivity index (χ1) is 15.2. The molecule has 2 N–H and O–H groups in total. The van der Waals surface area contributed by atoms with E-state index >= 15 is 0 Å². The van der Waals surface area contributed by atoms with Crippen LogP contribution in [0.4, 0.5) is 10.5 Å². The van der Waals surface area contributed by atoms with Crippen molar-refractivity contribution >= 4 is 17.7 Å². The van der Waals surface area contributed by atoms with Gasteiger partial charge in [-0.05, 0) is 77.0 Å². The van der Waals surface area contributed by atoms with Gasteiger partial charge in [0, 0.05) is 45.5 Å². The van der Waals surface area contributed by atoms with E-state index in [0.717, 1.165) is 51.5 Å². The fraction of sp³-hybridized carbons (Fsp3) is 0.680. The van der Waals surface area contributed by atoms with Gasteiger partial charge in [0.25, 0.3) is 0 Å². The molecule has 2 saturated heterocycles. The van der Waals surface area contributed by atoms with Crippen molar-refractivity contribution < 1.29 is 9.53 Å². The van der Waals surface area contributed by atoms with E-state index in [1.807, 2.05) is 32.7 Å². The highest BCUT2D eigenvalue weighted by molar-refractivity contribution is 5.80. The number of piperidine rings is 1. The summed E-state index contributed by atoms with van der Waals surface area (Å²) in [6.07, 6.45) is 4.30. The number of rotatable bonds is 5. The molecule has 1 amide bonds. The molecule has 1 aromatic carbocycles. The summed E-state index contributed by atoms with van der Waals surface area (Å²) in [5.41, 5.74) is 2.13. The van der Waals surface area contributed by atoms with Crippen LogP contribution in [-0.4, -0.2) is 62.3 Å². The third kappa shape index (κ3) is 7.04. The molecule has 178 valence electrons. The summed E-state index contributed by atoms with van der Waals surface area (Å²) < 4.78 is 5.49. The summed E-state index contributed by atoms with van der Waals surface area (Å²) >= 11 is 0. The fourth-order valence-electron chi connectivity index (χ4n) is 4.34. The van der Waals surface area contributed by atoms with Crippen LogP contribution >= 0.6 is 0 Å². The molecule has 2 heterocycles. The standard InChI is InChI=1S/C25H41N5O2/c1-19(21-9-8-10-22(17-21)29-13-6-7-14-29)28-23(26-5)27-18-20-11-15-30(16-12-20)24(31)32-25(2,3)4/h8-10,17,19-20H,6-7,11-16,18H2,1-5H3,(H2,26,27,28). The molecule has 2 fully saturated rings. The second kappa shape index (κ2) is 10.9. The largest absolute Gasteiger partial charge is 0.444 e. The number of aliphatic imine (C=N–C) groups is 1. The van der Waals surface area contributed by atoms with Crippen LogP contribution < -0.4 is 15.5 Å². The van der Waals surface area contributed by atoms with E-state index in [4.69, 9.17) is 4.74 Å². The predicted octanol–water partition coefficient (Wildman–Crippen LogP) is 4.16. The van der Waals surface area contributed by atoms with E-state index in [0.29, 0.717) is 5.92 Å². The first-order valence-corrected chi connectivity index (χ1v) is 12.0. The number of guanidine groups is 1. The Balaban J connectivity index is 1.44. The first-order valence-electron chi connectivity index (χ1n) is 12.0. The first kappa shape index (κ1) is 24.2. The maximum Gasteiger partial charge on any atom is 0.410 e. The van der Waals surface area contributed by atoms with Crippen LogP contribution in [0.1, 0.15) is 65.0 Å². The minimum absolute atomic E-state index is 0.165. The van der Waals surface area contributed by atoms with Gasteiger partial charge in [-0.2, -0.15) is 0 Å². The summed E-state index contributed by atoms with van der Waals surface area (Å²) in [4.78, 5) is 21.0. The number of carbonyl (C=O) groups excluding carboxylic acids is 1. The maximum absolute atomic E-state index is 12.3. The Hall–Kier alpha value is -2.44. The van der Waals surface area contributed by atoms with Gasteiger partial charge >= 0.3 is 6.09 Å². The average molecular weight is 444 g/mol. The third-order valence-corrected chi connectivity index (χ3v) is 6.24. The van der Waals surface area contributed by atoms with Gasteiger partial charge in [0.15, 0.2) is 5.96 Å². The molecule has 1 aromatic rings. The number of hydrogen-bond donors (Lipinski definition) is 2. The number of carbonyl (C=O) groups is 1. The second-order valence-electron chi connectivity index (χ2n) is 10.0. The van der Waals surface area contributed by atoms with Crippen LogP contribution in [0.25, 0.3) is 0 Å². The fourth-order valence-corrected chi connectivity index (χ4v) is 4.34. The number of likely N-dealkylation sites (tertiary alicyclic amines) is 1. The molecule has 0 bridgehead atoms. The quantitative estimate of drug-likeness (QED) is 0.528. The van der Waals surface area contributed by atoms with Crippen molar-refractivity contribution in [1.29, 1.82) is 0 Å². The molecule has 1 unspecified atom stereocenters. The van der Waals surface area contributed by atoms with Crippen LogP contribution in [0.15, 0.2) is 29.3 Å². The average Bonchev–Trinajstić information content (AvgIpc) is 3.31. The predicted molar refractivity (Wildman–Crippen MR) is 131 cm³/mol. The Morgan fingerprint density at radius 2 is 1.88 bits per heavy atom. The normalized spacial score (nSPS) is 19.1. The molecular weight excluding hydrogens is 402 g/mol. The molecule has 3 rings (SSSR count). The topological polar surface area (TPSA) is 69.2 Å². The summed E-state index contributed by atoms with van der Waals surface area (Å²) in [6, 6.07) is 8.99.